The zero-order valence-electron chi connectivity index (χ0n) is 10.4. The first-order valence-electron chi connectivity index (χ1n) is 5.26. The van der Waals surface area contributed by atoms with E-state index in [1.54, 1.807) is 6.92 Å². The number of nitrogens with zero attached hydrogens (tertiary/aromatic N) is 1. The Morgan fingerprint density at radius 2 is 2.05 bits per heavy atom. The molecule has 19 heavy (non-hydrogen) atoms. The fourth-order valence-electron chi connectivity index (χ4n) is 1.24. The van der Waals surface area contributed by atoms with Crippen molar-refractivity contribution >= 4 is 23.3 Å². The Morgan fingerprint density at radius 3 is 2.63 bits per heavy atom. The summed E-state index contributed by atoms with van der Waals surface area (Å²) in [7, 11) is 1.19. The number of amides is 1. The standard InChI is InChI=1S/C12H12N2O5/c1-8-3-4-9(14(17)18)7-10(8)13-11(15)5-6-12(16)19-2/h3-7H,1-2H3,(H,13,15)/b6-5-. The maximum Gasteiger partial charge on any atom is 0.330 e. The predicted molar refractivity (Wildman–Crippen MR) is 67.6 cm³/mol. The Bertz CT molecular complexity index is 551. The van der Waals surface area contributed by atoms with Gasteiger partial charge in [0.15, 0.2) is 0 Å². The van der Waals surface area contributed by atoms with E-state index in [9.17, 15) is 19.7 Å². The van der Waals surface area contributed by atoms with Crippen molar-refractivity contribution in [2.45, 2.75) is 6.92 Å². The van der Waals surface area contributed by atoms with E-state index in [1.165, 1.54) is 25.3 Å². The largest absolute Gasteiger partial charge is 0.466 e. The molecule has 0 radical (unpaired) electrons. The number of carbonyl (C=O) groups is 2. The maximum absolute atomic E-state index is 11.5. The van der Waals surface area contributed by atoms with E-state index in [0.717, 1.165) is 12.2 Å². The number of aryl methyl sites for hydroxylation is 1. The monoisotopic (exact) mass is 264 g/mol. The topological polar surface area (TPSA) is 98.5 Å². The Balaban J connectivity index is 2.84. The molecule has 0 aromatic heterocycles. The molecule has 100 valence electrons. The molecule has 7 heteroatoms. The summed E-state index contributed by atoms with van der Waals surface area (Å²) in [4.78, 5) is 32.4. The summed E-state index contributed by atoms with van der Waals surface area (Å²) in [6, 6.07) is 4.12. The number of nitro groups is 1. The van der Waals surface area contributed by atoms with Gasteiger partial charge in [0.2, 0.25) is 5.91 Å². The lowest BCUT2D eigenvalue weighted by Gasteiger charge is -2.05. The van der Waals surface area contributed by atoms with Crippen LogP contribution in [0.15, 0.2) is 30.4 Å². The number of benzene rings is 1. The van der Waals surface area contributed by atoms with Crippen molar-refractivity contribution in [3.05, 3.63) is 46.0 Å². The molecule has 0 saturated heterocycles. The summed E-state index contributed by atoms with van der Waals surface area (Å²) in [6.07, 6.45) is 1.95. The van der Waals surface area contributed by atoms with Crippen molar-refractivity contribution in [1.82, 2.24) is 0 Å². The van der Waals surface area contributed by atoms with Crippen molar-refractivity contribution in [2.75, 3.05) is 12.4 Å². The maximum atomic E-state index is 11.5. The zero-order valence-corrected chi connectivity index (χ0v) is 10.4. The van der Waals surface area contributed by atoms with Crippen molar-refractivity contribution in [3.63, 3.8) is 0 Å². The van der Waals surface area contributed by atoms with Gasteiger partial charge >= 0.3 is 5.97 Å². The average molecular weight is 264 g/mol. The molecule has 1 N–H and O–H groups in total. The second kappa shape index (κ2) is 6.29. The number of hydrogen-bond donors (Lipinski definition) is 1. The van der Waals surface area contributed by atoms with Crippen LogP contribution in [0.25, 0.3) is 0 Å². The number of ether oxygens (including phenoxy) is 1. The number of carbonyl (C=O) groups excluding carboxylic acids is 2. The second-order valence-electron chi connectivity index (χ2n) is 3.60. The van der Waals surface area contributed by atoms with Crippen LogP contribution in [0.4, 0.5) is 11.4 Å². The van der Waals surface area contributed by atoms with Gasteiger partial charge in [-0.3, -0.25) is 14.9 Å². The van der Waals surface area contributed by atoms with Gasteiger partial charge in [-0.05, 0) is 12.5 Å². The first-order valence-corrected chi connectivity index (χ1v) is 5.26. The molecule has 0 fully saturated rings. The van der Waals surface area contributed by atoms with Crippen LogP contribution in [0.1, 0.15) is 5.56 Å². The molecule has 0 heterocycles. The smallest absolute Gasteiger partial charge is 0.330 e. The van der Waals surface area contributed by atoms with E-state index < -0.39 is 16.8 Å². The van der Waals surface area contributed by atoms with Crippen LogP contribution in [0, 0.1) is 17.0 Å². The van der Waals surface area contributed by atoms with E-state index in [0.29, 0.717) is 11.3 Å². The van der Waals surface area contributed by atoms with Gasteiger partial charge < -0.3 is 10.1 Å². The fraction of sp³-hybridized carbons (Fsp3) is 0.167. The van der Waals surface area contributed by atoms with Gasteiger partial charge in [0.05, 0.1) is 17.7 Å². The summed E-state index contributed by atoms with van der Waals surface area (Å²) < 4.78 is 4.33. The first-order chi connectivity index (χ1) is 8.93. The molecule has 0 aliphatic heterocycles. The SMILES string of the molecule is COC(=O)/C=C\C(=O)Nc1cc([N+](=O)[O-])ccc1C. The van der Waals surface area contributed by atoms with Gasteiger partial charge in [-0.15, -0.1) is 0 Å². The van der Waals surface area contributed by atoms with E-state index in [2.05, 4.69) is 10.1 Å². The molecule has 0 saturated carbocycles. The van der Waals surface area contributed by atoms with Crippen molar-refractivity contribution < 1.29 is 19.2 Å². The summed E-state index contributed by atoms with van der Waals surface area (Å²) in [5.74, 6) is -1.24. The van der Waals surface area contributed by atoms with Crippen molar-refractivity contribution in [2.24, 2.45) is 0 Å². The highest BCUT2D eigenvalue weighted by Crippen LogP contribution is 2.21. The van der Waals surface area contributed by atoms with Crippen molar-refractivity contribution in [3.8, 4) is 0 Å². The third kappa shape index (κ3) is 4.23. The number of hydrogen-bond acceptors (Lipinski definition) is 5. The van der Waals surface area contributed by atoms with Crippen LogP contribution in [0.2, 0.25) is 0 Å². The third-order valence-electron chi connectivity index (χ3n) is 2.26. The molecule has 0 spiro atoms. The highest BCUT2D eigenvalue weighted by Gasteiger charge is 2.10. The number of anilines is 1. The van der Waals surface area contributed by atoms with Crippen LogP contribution in [-0.2, 0) is 14.3 Å². The summed E-state index contributed by atoms with van der Waals surface area (Å²) >= 11 is 0. The Kier molecular flexibility index (Phi) is 4.76. The molecular formula is C12H12N2O5. The van der Waals surface area contributed by atoms with Crippen LogP contribution < -0.4 is 5.32 Å². The minimum Gasteiger partial charge on any atom is -0.466 e. The number of rotatable bonds is 4. The van der Waals surface area contributed by atoms with Gasteiger partial charge in [-0.1, -0.05) is 6.07 Å². The Morgan fingerprint density at radius 1 is 1.37 bits per heavy atom. The van der Waals surface area contributed by atoms with E-state index in [4.69, 9.17) is 0 Å². The molecule has 0 unspecified atom stereocenters. The normalized spacial score (nSPS) is 10.2. The highest BCUT2D eigenvalue weighted by molar-refractivity contribution is 6.03. The van der Waals surface area contributed by atoms with E-state index in [1.807, 2.05) is 0 Å². The number of esters is 1. The first kappa shape index (κ1) is 14.4. The second-order valence-corrected chi connectivity index (χ2v) is 3.60. The molecule has 1 amide bonds. The number of nitro benzene ring substituents is 1. The molecule has 1 rings (SSSR count). The molecule has 1 aromatic rings. The predicted octanol–water partition coefficient (Wildman–Crippen LogP) is 1.57. The lowest BCUT2D eigenvalue weighted by Crippen LogP contribution is -2.10. The molecule has 0 aliphatic rings. The number of non-ortho nitro benzene ring substituents is 1. The van der Waals surface area contributed by atoms with Crippen LogP contribution >= 0.6 is 0 Å². The Labute approximate surface area is 109 Å². The lowest BCUT2D eigenvalue weighted by atomic mass is 10.2. The molecule has 0 aliphatic carbocycles. The average Bonchev–Trinajstić information content (AvgIpc) is 2.38. The van der Waals surface area contributed by atoms with Crippen LogP contribution in [-0.4, -0.2) is 23.9 Å². The minimum atomic E-state index is -0.661. The van der Waals surface area contributed by atoms with Gasteiger partial charge in [-0.25, -0.2) is 4.79 Å². The summed E-state index contributed by atoms with van der Waals surface area (Å²) in [5, 5.41) is 13.1. The van der Waals surface area contributed by atoms with E-state index in [-0.39, 0.29) is 5.69 Å². The highest BCUT2D eigenvalue weighted by atomic mass is 16.6. The zero-order chi connectivity index (χ0) is 14.4. The molecule has 7 nitrogen and oxygen atoms in total. The molecule has 0 bridgehead atoms. The third-order valence-corrected chi connectivity index (χ3v) is 2.26. The minimum absolute atomic E-state index is 0.127. The fourth-order valence-corrected chi connectivity index (χ4v) is 1.24. The number of nitrogens with one attached hydrogen (secondary N) is 1. The quantitative estimate of drug-likeness (QED) is 0.385. The number of methoxy groups -OCH3 is 1. The summed E-state index contributed by atoms with van der Waals surface area (Å²) in [5.41, 5.74) is 0.858. The molecule has 1 aromatic carbocycles. The van der Waals surface area contributed by atoms with E-state index >= 15 is 0 Å². The van der Waals surface area contributed by atoms with Crippen LogP contribution in [0.3, 0.4) is 0 Å². The molecule has 0 atom stereocenters. The Hall–Kier alpha value is -2.70. The van der Waals surface area contributed by atoms with Gasteiger partial charge in [0, 0.05) is 24.3 Å². The summed E-state index contributed by atoms with van der Waals surface area (Å²) in [6.45, 7) is 1.70. The van der Waals surface area contributed by atoms with Crippen molar-refractivity contribution in [1.29, 1.82) is 0 Å². The van der Waals surface area contributed by atoms with Gasteiger partial charge in [0.25, 0.3) is 5.69 Å². The van der Waals surface area contributed by atoms with Gasteiger partial charge in [-0.2, -0.15) is 0 Å². The van der Waals surface area contributed by atoms with Gasteiger partial charge in [0.1, 0.15) is 0 Å². The molecular weight excluding hydrogens is 252 g/mol. The lowest BCUT2D eigenvalue weighted by molar-refractivity contribution is -0.384. The van der Waals surface area contributed by atoms with Crippen LogP contribution in [0.5, 0.6) is 0 Å².